The van der Waals surface area contributed by atoms with Gasteiger partial charge >= 0.3 is 11.8 Å². The molecule has 1 aromatic heterocycles. The molecule has 0 bridgehead atoms. The summed E-state index contributed by atoms with van der Waals surface area (Å²) >= 11 is 0. The Balaban J connectivity index is 1.39. The minimum Gasteiger partial charge on any atom is -0.497 e. The molecule has 10 nitrogen and oxygen atoms in total. The number of hydrogen-bond donors (Lipinski definition) is 3. The average molecular weight is 450 g/mol. The fraction of sp³-hybridized carbons (Fsp3) is 0.130. The van der Waals surface area contributed by atoms with Crippen LogP contribution in [0.25, 0.3) is 0 Å². The second-order valence-corrected chi connectivity index (χ2v) is 6.60. The summed E-state index contributed by atoms with van der Waals surface area (Å²) in [6.45, 7) is 0.141. The summed E-state index contributed by atoms with van der Waals surface area (Å²) in [5, 5.41) is 8.90. The number of carbonyl (C=O) groups excluding carboxylic acids is 3. The van der Waals surface area contributed by atoms with E-state index in [1.807, 2.05) is 0 Å². The maximum atomic E-state index is 11.9. The van der Waals surface area contributed by atoms with E-state index in [9.17, 15) is 14.4 Å². The average Bonchev–Trinajstić information content (AvgIpc) is 3.36. The zero-order valence-electron chi connectivity index (χ0n) is 17.7. The molecule has 0 fully saturated rings. The summed E-state index contributed by atoms with van der Waals surface area (Å²) in [5.41, 5.74) is 3.26. The molecule has 3 N–H and O–H groups in total. The van der Waals surface area contributed by atoms with E-state index < -0.39 is 11.8 Å². The lowest BCUT2D eigenvalue weighted by Crippen LogP contribution is -2.32. The van der Waals surface area contributed by atoms with Crippen LogP contribution in [-0.2, 0) is 20.9 Å². The molecule has 0 saturated heterocycles. The van der Waals surface area contributed by atoms with Crippen LogP contribution in [0.4, 0.5) is 5.69 Å². The molecule has 0 saturated carbocycles. The number of anilines is 1. The first-order valence-corrected chi connectivity index (χ1v) is 9.84. The fourth-order valence-electron chi connectivity index (χ4n) is 2.53. The molecule has 0 radical (unpaired) electrons. The standard InChI is InChI=1S/C23H22N4O6/c1-31-18-10-6-17(7-11-18)26-22(29)23(30)27-25-13-16-4-8-19(9-5-16)33-15-21(28)24-14-20-3-2-12-32-20/h2-13H,14-15H2,1H3,(H,24,28)(H,26,29)(H,27,30)/b25-13-. The van der Waals surface area contributed by atoms with E-state index in [4.69, 9.17) is 13.9 Å². The Bertz CT molecular complexity index is 1090. The molecule has 0 spiro atoms. The van der Waals surface area contributed by atoms with Crippen LogP contribution in [0.5, 0.6) is 11.5 Å². The topological polar surface area (TPSA) is 131 Å². The number of hydrogen-bond acceptors (Lipinski definition) is 7. The number of hydrazone groups is 1. The van der Waals surface area contributed by atoms with Gasteiger partial charge in [0.05, 0.1) is 26.1 Å². The third-order valence-electron chi connectivity index (χ3n) is 4.22. The zero-order valence-corrected chi connectivity index (χ0v) is 17.7. The Morgan fingerprint density at radius 1 is 0.970 bits per heavy atom. The summed E-state index contributed by atoms with van der Waals surface area (Å²) in [6, 6.07) is 16.7. The number of furan rings is 1. The molecule has 1 heterocycles. The van der Waals surface area contributed by atoms with Crippen molar-refractivity contribution < 1.29 is 28.3 Å². The molecule has 10 heteroatoms. The summed E-state index contributed by atoms with van der Waals surface area (Å²) < 4.78 is 15.6. The first kappa shape index (κ1) is 23.1. The number of carbonyl (C=O) groups is 3. The van der Waals surface area contributed by atoms with Crippen LogP contribution in [-0.4, -0.2) is 37.7 Å². The normalized spacial score (nSPS) is 10.5. The van der Waals surface area contributed by atoms with Crippen molar-refractivity contribution in [1.82, 2.24) is 10.7 Å². The van der Waals surface area contributed by atoms with Gasteiger partial charge in [0.1, 0.15) is 17.3 Å². The van der Waals surface area contributed by atoms with Gasteiger partial charge in [-0.3, -0.25) is 14.4 Å². The lowest BCUT2D eigenvalue weighted by Gasteiger charge is -2.07. The molecule has 3 amide bonds. The van der Waals surface area contributed by atoms with E-state index in [1.165, 1.54) is 19.6 Å². The van der Waals surface area contributed by atoms with Crippen molar-refractivity contribution in [1.29, 1.82) is 0 Å². The SMILES string of the molecule is COc1ccc(NC(=O)C(=O)N/N=C\c2ccc(OCC(=O)NCc3ccco3)cc2)cc1. The third-order valence-corrected chi connectivity index (χ3v) is 4.22. The Labute approximate surface area is 189 Å². The number of methoxy groups -OCH3 is 1. The van der Waals surface area contributed by atoms with Crippen LogP contribution in [0.3, 0.4) is 0 Å². The van der Waals surface area contributed by atoms with E-state index in [-0.39, 0.29) is 19.1 Å². The van der Waals surface area contributed by atoms with Gasteiger partial charge in [0, 0.05) is 5.69 Å². The van der Waals surface area contributed by atoms with Gasteiger partial charge in [-0.25, -0.2) is 5.43 Å². The van der Waals surface area contributed by atoms with Crippen LogP contribution in [0.1, 0.15) is 11.3 Å². The molecule has 170 valence electrons. The molecule has 3 aromatic rings. The predicted octanol–water partition coefficient (Wildman–Crippen LogP) is 2.07. The van der Waals surface area contributed by atoms with Gasteiger partial charge < -0.3 is 24.5 Å². The molecule has 33 heavy (non-hydrogen) atoms. The Kier molecular flexibility index (Phi) is 8.18. The van der Waals surface area contributed by atoms with Gasteiger partial charge in [-0.2, -0.15) is 5.10 Å². The van der Waals surface area contributed by atoms with Crippen LogP contribution >= 0.6 is 0 Å². The highest BCUT2D eigenvalue weighted by Crippen LogP contribution is 2.15. The van der Waals surface area contributed by atoms with Gasteiger partial charge in [-0.15, -0.1) is 0 Å². The van der Waals surface area contributed by atoms with E-state index in [0.29, 0.717) is 28.5 Å². The molecule has 0 aliphatic heterocycles. The maximum Gasteiger partial charge on any atom is 0.329 e. The fourth-order valence-corrected chi connectivity index (χ4v) is 2.53. The zero-order chi connectivity index (χ0) is 23.5. The minimum atomic E-state index is -0.914. The smallest absolute Gasteiger partial charge is 0.329 e. The van der Waals surface area contributed by atoms with Crippen molar-refractivity contribution in [3.05, 3.63) is 78.3 Å². The lowest BCUT2D eigenvalue weighted by atomic mass is 10.2. The van der Waals surface area contributed by atoms with E-state index >= 15 is 0 Å². The Morgan fingerprint density at radius 3 is 2.36 bits per heavy atom. The first-order valence-electron chi connectivity index (χ1n) is 9.84. The number of benzene rings is 2. The van der Waals surface area contributed by atoms with Gasteiger partial charge in [0.2, 0.25) is 0 Å². The van der Waals surface area contributed by atoms with Gasteiger partial charge in [-0.1, -0.05) is 0 Å². The molecule has 3 rings (SSSR count). The summed E-state index contributed by atoms with van der Waals surface area (Å²) in [6.07, 6.45) is 2.91. The molecule has 0 aliphatic rings. The predicted molar refractivity (Wildman–Crippen MR) is 120 cm³/mol. The highest BCUT2D eigenvalue weighted by molar-refractivity contribution is 6.39. The first-order chi connectivity index (χ1) is 16.0. The summed E-state index contributed by atoms with van der Waals surface area (Å²) in [4.78, 5) is 35.6. The maximum absolute atomic E-state index is 11.9. The molecular weight excluding hydrogens is 428 g/mol. The van der Waals surface area contributed by atoms with E-state index in [0.717, 1.165) is 0 Å². The quantitative estimate of drug-likeness (QED) is 0.260. The number of rotatable bonds is 9. The molecule has 0 aliphatic carbocycles. The highest BCUT2D eigenvalue weighted by atomic mass is 16.5. The second-order valence-electron chi connectivity index (χ2n) is 6.60. The van der Waals surface area contributed by atoms with E-state index in [2.05, 4.69) is 21.2 Å². The van der Waals surface area contributed by atoms with Crippen molar-refractivity contribution in [3.63, 3.8) is 0 Å². The monoisotopic (exact) mass is 450 g/mol. The largest absolute Gasteiger partial charge is 0.497 e. The Hall–Kier alpha value is -4.60. The number of nitrogens with one attached hydrogen (secondary N) is 3. The van der Waals surface area contributed by atoms with Crippen LogP contribution in [0.15, 0.2) is 76.4 Å². The number of amides is 3. The van der Waals surface area contributed by atoms with Gasteiger partial charge in [0.25, 0.3) is 5.91 Å². The number of ether oxygens (including phenoxy) is 2. The Morgan fingerprint density at radius 2 is 1.70 bits per heavy atom. The highest BCUT2D eigenvalue weighted by Gasteiger charge is 2.12. The summed E-state index contributed by atoms with van der Waals surface area (Å²) in [5.74, 6) is -0.283. The number of nitrogens with zero attached hydrogens (tertiary/aromatic N) is 1. The van der Waals surface area contributed by atoms with Crippen molar-refractivity contribution in [2.75, 3.05) is 19.0 Å². The minimum absolute atomic E-state index is 0.145. The van der Waals surface area contributed by atoms with Crippen LogP contribution in [0.2, 0.25) is 0 Å². The van der Waals surface area contributed by atoms with Gasteiger partial charge in [-0.05, 0) is 66.2 Å². The van der Waals surface area contributed by atoms with E-state index in [1.54, 1.807) is 60.7 Å². The third kappa shape index (κ3) is 7.55. The second kappa shape index (κ2) is 11.7. The molecular formula is C23H22N4O6. The van der Waals surface area contributed by atoms with Crippen molar-refractivity contribution in [2.24, 2.45) is 5.10 Å². The molecule has 0 atom stereocenters. The molecule has 2 aromatic carbocycles. The lowest BCUT2D eigenvalue weighted by molar-refractivity contribution is -0.136. The van der Waals surface area contributed by atoms with Crippen molar-refractivity contribution in [2.45, 2.75) is 6.54 Å². The molecule has 0 unspecified atom stereocenters. The van der Waals surface area contributed by atoms with Crippen LogP contribution < -0.4 is 25.5 Å². The van der Waals surface area contributed by atoms with Crippen molar-refractivity contribution >= 4 is 29.6 Å². The van der Waals surface area contributed by atoms with Crippen molar-refractivity contribution in [3.8, 4) is 11.5 Å². The van der Waals surface area contributed by atoms with Crippen LogP contribution in [0, 0.1) is 0 Å². The summed E-state index contributed by atoms with van der Waals surface area (Å²) in [7, 11) is 1.53. The van der Waals surface area contributed by atoms with Gasteiger partial charge in [0.15, 0.2) is 6.61 Å².